The molecule has 2 aromatic carbocycles. The third-order valence-electron chi connectivity index (χ3n) is 6.05. The van der Waals surface area contributed by atoms with Crippen LogP contribution in [-0.4, -0.2) is 51.4 Å². The number of nitro groups is 1. The van der Waals surface area contributed by atoms with Crippen LogP contribution in [0.5, 0.6) is 5.75 Å². The van der Waals surface area contributed by atoms with Crippen molar-refractivity contribution >= 4 is 40.6 Å². The van der Waals surface area contributed by atoms with Crippen LogP contribution in [0.2, 0.25) is 0 Å². The van der Waals surface area contributed by atoms with E-state index >= 15 is 0 Å². The van der Waals surface area contributed by atoms with Gasteiger partial charge < -0.3 is 9.64 Å². The van der Waals surface area contributed by atoms with Crippen molar-refractivity contribution < 1.29 is 24.0 Å². The number of nitrogens with zero attached hydrogens (tertiary/aromatic N) is 3. The molecule has 0 bridgehead atoms. The second-order valence-corrected chi connectivity index (χ2v) is 9.57. The SMILES string of the molecule is CC1CCN(C(=O)CN2C(=O)S/C(=C\c3ccccc3OCc3ccc([N+](=O)[O-])cc3)C2=O)CC1. The van der Waals surface area contributed by atoms with Gasteiger partial charge in [-0.15, -0.1) is 0 Å². The molecule has 2 aliphatic heterocycles. The van der Waals surface area contributed by atoms with Gasteiger partial charge >= 0.3 is 0 Å². The van der Waals surface area contributed by atoms with Gasteiger partial charge in [-0.1, -0.05) is 25.1 Å². The number of thioether (sulfide) groups is 1. The summed E-state index contributed by atoms with van der Waals surface area (Å²) in [6, 6.07) is 13.1. The number of ether oxygens (including phenoxy) is 1. The molecule has 2 aliphatic rings. The lowest BCUT2D eigenvalue weighted by Gasteiger charge is -2.31. The van der Waals surface area contributed by atoms with E-state index in [1.54, 1.807) is 47.4 Å². The van der Waals surface area contributed by atoms with Gasteiger partial charge in [0.2, 0.25) is 5.91 Å². The minimum atomic E-state index is -0.496. The number of nitro benzene ring substituents is 1. The quantitative estimate of drug-likeness (QED) is 0.317. The Labute approximate surface area is 206 Å². The summed E-state index contributed by atoms with van der Waals surface area (Å²) in [5.74, 6) is 0.356. The molecular weight excluding hydrogens is 470 g/mol. The van der Waals surface area contributed by atoms with E-state index < -0.39 is 16.1 Å². The standard InChI is InChI=1S/C25H25N3O6S/c1-17-10-12-26(13-11-17)23(29)15-27-24(30)22(35-25(27)31)14-19-4-2-3-5-21(19)34-16-18-6-8-20(9-7-18)28(32)33/h2-9,14,17H,10-13,15-16H2,1H3/b22-14-. The summed E-state index contributed by atoms with van der Waals surface area (Å²) in [6.45, 7) is 3.36. The Morgan fingerprint density at radius 1 is 1.14 bits per heavy atom. The Kier molecular flexibility index (Phi) is 7.50. The third-order valence-corrected chi connectivity index (χ3v) is 6.96. The number of benzene rings is 2. The number of piperidine rings is 1. The van der Waals surface area contributed by atoms with Crippen LogP contribution in [0.1, 0.15) is 30.9 Å². The van der Waals surface area contributed by atoms with Gasteiger partial charge in [0.1, 0.15) is 18.9 Å². The number of carbonyl (C=O) groups is 3. The molecule has 35 heavy (non-hydrogen) atoms. The van der Waals surface area contributed by atoms with Crippen LogP contribution >= 0.6 is 11.8 Å². The monoisotopic (exact) mass is 495 g/mol. The first-order valence-electron chi connectivity index (χ1n) is 11.3. The van der Waals surface area contributed by atoms with Gasteiger partial charge in [0, 0.05) is 30.8 Å². The van der Waals surface area contributed by atoms with E-state index in [0.717, 1.165) is 35.1 Å². The molecule has 2 aromatic rings. The van der Waals surface area contributed by atoms with E-state index in [1.165, 1.54) is 12.1 Å². The van der Waals surface area contributed by atoms with Crippen molar-refractivity contribution in [1.82, 2.24) is 9.80 Å². The van der Waals surface area contributed by atoms with Crippen LogP contribution in [0.4, 0.5) is 10.5 Å². The number of non-ortho nitro benzene ring substituents is 1. The van der Waals surface area contributed by atoms with Crippen molar-refractivity contribution in [3.8, 4) is 5.75 Å². The summed E-state index contributed by atoms with van der Waals surface area (Å²) in [5, 5.41) is 10.3. The number of rotatable bonds is 7. The maximum Gasteiger partial charge on any atom is 0.294 e. The fourth-order valence-electron chi connectivity index (χ4n) is 3.88. The molecule has 0 atom stereocenters. The Morgan fingerprint density at radius 3 is 2.51 bits per heavy atom. The highest BCUT2D eigenvalue weighted by atomic mass is 32.2. The maximum atomic E-state index is 12.9. The fraction of sp³-hybridized carbons (Fsp3) is 0.320. The molecule has 2 heterocycles. The number of amides is 3. The number of likely N-dealkylation sites (tertiary alicyclic amines) is 1. The summed E-state index contributed by atoms with van der Waals surface area (Å²) in [7, 11) is 0. The van der Waals surface area contributed by atoms with Gasteiger partial charge in [-0.3, -0.25) is 29.4 Å². The predicted octanol–water partition coefficient (Wildman–Crippen LogP) is 4.47. The second kappa shape index (κ2) is 10.7. The molecular formula is C25H25N3O6S. The smallest absolute Gasteiger partial charge is 0.294 e. The minimum absolute atomic E-state index is 0.00166. The molecule has 0 spiro atoms. The maximum absolute atomic E-state index is 12.9. The second-order valence-electron chi connectivity index (χ2n) is 8.58. The Hall–Kier alpha value is -3.66. The van der Waals surface area contributed by atoms with E-state index in [-0.39, 0.29) is 29.7 Å². The zero-order valence-corrected chi connectivity index (χ0v) is 20.0. The van der Waals surface area contributed by atoms with Crippen LogP contribution < -0.4 is 4.74 Å². The van der Waals surface area contributed by atoms with Gasteiger partial charge in [-0.05, 0) is 60.4 Å². The van der Waals surface area contributed by atoms with Crippen LogP contribution in [0, 0.1) is 16.0 Å². The molecule has 2 saturated heterocycles. The van der Waals surface area contributed by atoms with Gasteiger partial charge in [0.25, 0.3) is 16.8 Å². The van der Waals surface area contributed by atoms with Crippen molar-refractivity contribution in [2.75, 3.05) is 19.6 Å². The van der Waals surface area contributed by atoms with E-state index in [9.17, 15) is 24.5 Å². The first-order valence-corrected chi connectivity index (χ1v) is 12.1. The lowest BCUT2D eigenvalue weighted by molar-refractivity contribution is -0.384. The number of carbonyl (C=O) groups excluding carboxylic acids is 3. The largest absolute Gasteiger partial charge is 0.488 e. The number of para-hydroxylation sites is 1. The average Bonchev–Trinajstić information content (AvgIpc) is 3.11. The molecule has 182 valence electrons. The molecule has 0 N–H and O–H groups in total. The van der Waals surface area contributed by atoms with E-state index in [4.69, 9.17) is 4.74 Å². The lowest BCUT2D eigenvalue weighted by atomic mass is 9.99. The average molecular weight is 496 g/mol. The van der Waals surface area contributed by atoms with Crippen molar-refractivity contribution in [2.45, 2.75) is 26.4 Å². The number of hydrogen-bond donors (Lipinski definition) is 0. The molecule has 0 aliphatic carbocycles. The van der Waals surface area contributed by atoms with Crippen LogP contribution in [0.25, 0.3) is 6.08 Å². The number of hydrogen-bond acceptors (Lipinski definition) is 7. The highest BCUT2D eigenvalue weighted by Gasteiger charge is 2.37. The highest BCUT2D eigenvalue weighted by molar-refractivity contribution is 8.18. The third kappa shape index (κ3) is 5.89. The zero-order valence-electron chi connectivity index (χ0n) is 19.2. The van der Waals surface area contributed by atoms with Crippen molar-refractivity contribution in [1.29, 1.82) is 0 Å². The lowest BCUT2D eigenvalue weighted by Crippen LogP contribution is -2.45. The summed E-state index contributed by atoms with van der Waals surface area (Å²) in [4.78, 5) is 51.4. The first-order chi connectivity index (χ1) is 16.8. The molecule has 0 unspecified atom stereocenters. The van der Waals surface area contributed by atoms with Gasteiger partial charge in [-0.25, -0.2) is 0 Å². The molecule has 3 amide bonds. The molecule has 4 rings (SSSR count). The molecule has 9 nitrogen and oxygen atoms in total. The Balaban J connectivity index is 1.43. The topological polar surface area (TPSA) is 110 Å². The summed E-state index contributed by atoms with van der Waals surface area (Å²) in [6.07, 6.45) is 3.43. The van der Waals surface area contributed by atoms with Gasteiger partial charge in [0.15, 0.2) is 0 Å². The van der Waals surface area contributed by atoms with Crippen molar-refractivity contribution in [2.24, 2.45) is 5.92 Å². The fourth-order valence-corrected chi connectivity index (χ4v) is 4.71. The van der Waals surface area contributed by atoms with E-state index in [1.807, 2.05) is 0 Å². The molecule has 0 saturated carbocycles. The molecule has 0 aromatic heterocycles. The predicted molar refractivity (Wildman–Crippen MR) is 132 cm³/mol. The Bertz CT molecular complexity index is 1170. The first kappa shape index (κ1) is 24.5. The van der Waals surface area contributed by atoms with E-state index in [2.05, 4.69) is 6.92 Å². The van der Waals surface area contributed by atoms with Crippen molar-refractivity contribution in [3.05, 3.63) is 74.7 Å². The summed E-state index contributed by atoms with van der Waals surface area (Å²) in [5.41, 5.74) is 1.35. The zero-order chi connectivity index (χ0) is 24.9. The summed E-state index contributed by atoms with van der Waals surface area (Å²) < 4.78 is 5.88. The normalized spacial score (nSPS) is 17.8. The minimum Gasteiger partial charge on any atom is -0.488 e. The number of imide groups is 1. The van der Waals surface area contributed by atoms with Gasteiger partial charge in [-0.2, -0.15) is 0 Å². The molecule has 0 radical (unpaired) electrons. The Morgan fingerprint density at radius 2 is 1.83 bits per heavy atom. The molecule has 10 heteroatoms. The summed E-state index contributed by atoms with van der Waals surface area (Å²) >= 11 is 0.802. The van der Waals surface area contributed by atoms with Crippen LogP contribution in [0.15, 0.2) is 53.4 Å². The van der Waals surface area contributed by atoms with Crippen molar-refractivity contribution in [3.63, 3.8) is 0 Å². The molecule has 2 fully saturated rings. The highest BCUT2D eigenvalue weighted by Crippen LogP contribution is 2.34. The van der Waals surface area contributed by atoms with Crippen LogP contribution in [-0.2, 0) is 16.2 Å². The van der Waals surface area contributed by atoms with Crippen LogP contribution in [0.3, 0.4) is 0 Å². The van der Waals surface area contributed by atoms with E-state index in [0.29, 0.717) is 30.3 Å². The van der Waals surface area contributed by atoms with Gasteiger partial charge in [0.05, 0.1) is 9.83 Å².